The average Bonchev–Trinajstić information content (AvgIpc) is 2.90. The summed E-state index contributed by atoms with van der Waals surface area (Å²) in [5.41, 5.74) is 0.528. The van der Waals surface area contributed by atoms with Crippen molar-refractivity contribution >= 4 is 27.8 Å². The van der Waals surface area contributed by atoms with E-state index in [1.54, 1.807) is 0 Å². The van der Waals surface area contributed by atoms with Gasteiger partial charge in [0.05, 0.1) is 11.8 Å². The van der Waals surface area contributed by atoms with Gasteiger partial charge in [-0.15, -0.1) is 0 Å². The molecule has 0 unspecified atom stereocenters. The molecule has 0 spiro atoms. The number of nitrogens with one attached hydrogen (secondary N) is 1. The first-order valence-corrected chi connectivity index (χ1v) is 6.88. The number of rotatable bonds is 4. The van der Waals surface area contributed by atoms with Crippen LogP contribution in [-0.2, 0) is 16.1 Å². The second-order valence-electron chi connectivity index (χ2n) is 5.46. The highest BCUT2D eigenvalue weighted by molar-refractivity contribution is 9.10. The Bertz CT molecular complexity index is 527. The van der Waals surface area contributed by atoms with Crippen molar-refractivity contribution < 1.29 is 14.7 Å². The Balaban J connectivity index is 1.95. The van der Waals surface area contributed by atoms with Crippen molar-refractivity contribution in [1.82, 2.24) is 5.32 Å². The molecular weight excluding hydrogens is 310 g/mol. The van der Waals surface area contributed by atoms with E-state index in [-0.39, 0.29) is 5.91 Å². The summed E-state index contributed by atoms with van der Waals surface area (Å²) >= 11 is 3.37. The maximum absolute atomic E-state index is 12.0. The third-order valence-electron chi connectivity index (χ3n) is 3.73. The number of carbonyl (C=O) groups excluding carboxylic acids is 1. The van der Waals surface area contributed by atoms with Crippen molar-refractivity contribution in [3.8, 4) is 0 Å². The summed E-state index contributed by atoms with van der Waals surface area (Å²) in [5, 5.41) is 11.8. The number of carboxylic acids is 1. The van der Waals surface area contributed by atoms with E-state index in [9.17, 15) is 9.59 Å². The van der Waals surface area contributed by atoms with Gasteiger partial charge >= 0.3 is 5.97 Å². The molecule has 1 aliphatic rings. The van der Waals surface area contributed by atoms with Gasteiger partial charge in [-0.25, -0.2) is 0 Å². The molecule has 0 bridgehead atoms. The molecule has 0 saturated heterocycles. The molecule has 1 fully saturated rings. The number of benzene rings is 1. The smallest absolute Gasteiger partial charge is 0.307 e. The van der Waals surface area contributed by atoms with Crippen molar-refractivity contribution in [2.45, 2.75) is 20.4 Å². The second-order valence-corrected chi connectivity index (χ2v) is 6.38. The molecule has 0 heterocycles. The molecule has 0 aliphatic heterocycles. The van der Waals surface area contributed by atoms with Gasteiger partial charge in [-0.2, -0.15) is 0 Å². The molecule has 1 aromatic rings. The van der Waals surface area contributed by atoms with Crippen molar-refractivity contribution in [2.75, 3.05) is 0 Å². The zero-order valence-electron chi connectivity index (χ0n) is 10.8. The standard InChI is InChI=1S/C14H16BrNO3/c1-14(2)10(11(14)13(18)19)12(17)16-7-8-4-3-5-9(15)6-8/h3-6,10-11H,7H2,1-2H3,(H,16,17)(H,18,19)/t10-,11+/m1/s1. The van der Waals surface area contributed by atoms with Gasteiger partial charge in [0.2, 0.25) is 5.91 Å². The van der Waals surface area contributed by atoms with Crippen molar-refractivity contribution in [2.24, 2.45) is 17.3 Å². The molecule has 0 radical (unpaired) electrons. The van der Waals surface area contributed by atoms with Crippen LogP contribution in [0.2, 0.25) is 0 Å². The molecule has 2 rings (SSSR count). The third kappa shape index (κ3) is 2.81. The lowest BCUT2D eigenvalue weighted by atomic mass is 10.1. The van der Waals surface area contributed by atoms with E-state index in [0.717, 1.165) is 10.0 Å². The summed E-state index contributed by atoms with van der Waals surface area (Å²) in [6, 6.07) is 7.65. The minimum Gasteiger partial charge on any atom is -0.481 e. The van der Waals surface area contributed by atoms with E-state index >= 15 is 0 Å². The van der Waals surface area contributed by atoms with E-state index in [0.29, 0.717) is 6.54 Å². The van der Waals surface area contributed by atoms with Crippen LogP contribution in [0.3, 0.4) is 0 Å². The molecule has 1 aromatic carbocycles. The highest BCUT2D eigenvalue weighted by atomic mass is 79.9. The maximum Gasteiger partial charge on any atom is 0.307 e. The van der Waals surface area contributed by atoms with E-state index in [2.05, 4.69) is 21.2 Å². The normalized spacial score (nSPS) is 23.7. The summed E-state index contributed by atoms with van der Waals surface area (Å²) in [4.78, 5) is 23.0. The van der Waals surface area contributed by atoms with E-state index in [4.69, 9.17) is 5.11 Å². The van der Waals surface area contributed by atoms with Crippen LogP contribution in [-0.4, -0.2) is 17.0 Å². The predicted molar refractivity (Wildman–Crippen MR) is 74.4 cm³/mol. The Labute approximate surface area is 120 Å². The predicted octanol–water partition coefficient (Wildman–Crippen LogP) is 2.42. The molecule has 2 N–H and O–H groups in total. The van der Waals surface area contributed by atoms with Crippen LogP contribution in [0.5, 0.6) is 0 Å². The summed E-state index contributed by atoms with van der Waals surface area (Å²) in [6.07, 6.45) is 0. The Kier molecular flexibility index (Phi) is 3.67. The molecule has 1 amide bonds. The fourth-order valence-electron chi connectivity index (χ4n) is 2.53. The van der Waals surface area contributed by atoms with Crippen LogP contribution < -0.4 is 5.32 Å². The summed E-state index contributed by atoms with van der Waals surface area (Å²) < 4.78 is 0.953. The minimum absolute atomic E-state index is 0.183. The van der Waals surface area contributed by atoms with Crippen LogP contribution in [0.1, 0.15) is 19.4 Å². The van der Waals surface area contributed by atoms with E-state index in [1.807, 2.05) is 38.1 Å². The quantitative estimate of drug-likeness (QED) is 0.893. The van der Waals surface area contributed by atoms with Crippen molar-refractivity contribution in [3.63, 3.8) is 0 Å². The molecule has 102 valence electrons. The molecule has 5 heteroatoms. The maximum atomic E-state index is 12.0. The van der Waals surface area contributed by atoms with Gasteiger partial charge in [-0.05, 0) is 23.1 Å². The number of amides is 1. The number of halogens is 1. The first-order chi connectivity index (χ1) is 8.84. The van der Waals surface area contributed by atoms with Gasteiger partial charge in [0.1, 0.15) is 0 Å². The lowest BCUT2D eigenvalue weighted by Crippen LogP contribution is -2.26. The van der Waals surface area contributed by atoms with Crippen LogP contribution in [0.15, 0.2) is 28.7 Å². The number of hydrogen-bond acceptors (Lipinski definition) is 2. The lowest BCUT2D eigenvalue weighted by molar-refractivity contribution is -0.140. The fraction of sp³-hybridized carbons (Fsp3) is 0.429. The Hall–Kier alpha value is -1.36. The molecular formula is C14H16BrNO3. The first kappa shape index (κ1) is 14.1. The van der Waals surface area contributed by atoms with Crippen molar-refractivity contribution in [3.05, 3.63) is 34.3 Å². The summed E-state index contributed by atoms with van der Waals surface area (Å²) in [6.45, 7) is 4.04. The van der Waals surface area contributed by atoms with Crippen LogP contribution in [0, 0.1) is 17.3 Å². The third-order valence-corrected chi connectivity index (χ3v) is 4.22. The average molecular weight is 326 g/mol. The summed E-state index contributed by atoms with van der Waals surface area (Å²) in [7, 11) is 0. The number of hydrogen-bond donors (Lipinski definition) is 2. The van der Waals surface area contributed by atoms with Gasteiger partial charge < -0.3 is 10.4 Å². The molecule has 1 saturated carbocycles. The molecule has 1 aliphatic carbocycles. The first-order valence-electron chi connectivity index (χ1n) is 6.09. The molecule has 19 heavy (non-hydrogen) atoms. The summed E-state index contributed by atoms with van der Waals surface area (Å²) in [5.74, 6) is -2.09. The van der Waals surface area contributed by atoms with E-state index < -0.39 is 23.2 Å². The van der Waals surface area contributed by atoms with Gasteiger partial charge in [0, 0.05) is 11.0 Å². The fourth-order valence-corrected chi connectivity index (χ4v) is 2.98. The van der Waals surface area contributed by atoms with Crippen LogP contribution in [0.4, 0.5) is 0 Å². The van der Waals surface area contributed by atoms with Gasteiger partial charge in [0.25, 0.3) is 0 Å². The second kappa shape index (κ2) is 4.96. The SMILES string of the molecule is CC1(C)[C@H](C(=O)O)[C@@H]1C(=O)NCc1cccc(Br)c1. The van der Waals surface area contributed by atoms with Crippen LogP contribution >= 0.6 is 15.9 Å². The monoisotopic (exact) mass is 325 g/mol. The largest absolute Gasteiger partial charge is 0.481 e. The zero-order valence-corrected chi connectivity index (χ0v) is 12.4. The zero-order chi connectivity index (χ0) is 14.2. The minimum atomic E-state index is -0.896. The van der Waals surface area contributed by atoms with Gasteiger partial charge in [0.15, 0.2) is 0 Å². The Morgan fingerprint density at radius 1 is 1.37 bits per heavy atom. The molecule has 0 aromatic heterocycles. The number of aliphatic carboxylic acids is 1. The number of carbonyl (C=O) groups is 2. The van der Waals surface area contributed by atoms with E-state index in [1.165, 1.54) is 0 Å². The molecule has 2 atom stereocenters. The topological polar surface area (TPSA) is 66.4 Å². The van der Waals surface area contributed by atoms with Gasteiger partial charge in [-0.1, -0.05) is 41.9 Å². The van der Waals surface area contributed by atoms with Gasteiger partial charge in [-0.3, -0.25) is 9.59 Å². The number of carboxylic acid groups (broad SMARTS) is 1. The highest BCUT2D eigenvalue weighted by Crippen LogP contribution is 2.58. The van der Waals surface area contributed by atoms with Crippen molar-refractivity contribution in [1.29, 1.82) is 0 Å². The highest BCUT2D eigenvalue weighted by Gasteiger charge is 2.65. The Morgan fingerprint density at radius 2 is 2.05 bits per heavy atom. The Morgan fingerprint density at radius 3 is 2.58 bits per heavy atom. The van der Waals surface area contributed by atoms with Crippen LogP contribution in [0.25, 0.3) is 0 Å². The lowest BCUT2D eigenvalue weighted by Gasteiger charge is -2.06. The molecule has 4 nitrogen and oxygen atoms in total.